The minimum atomic E-state index is 0.319. The monoisotopic (exact) mass is 397 g/mol. The maximum atomic E-state index is 10.1. The molecule has 0 aliphatic carbocycles. The summed E-state index contributed by atoms with van der Waals surface area (Å²) < 4.78 is 1.69. The van der Waals surface area contributed by atoms with Gasteiger partial charge in [-0.2, -0.15) is 0 Å². The first kappa shape index (κ1) is 15.5. The van der Waals surface area contributed by atoms with Gasteiger partial charge in [-0.3, -0.25) is 0 Å². The largest absolute Gasteiger partial charge is 0.506 e. The van der Waals surface area contributed by atoms with Gasteiger partial charge in [0.25, 0.3) is 0 Å². The molecule has 0 amide bonds. The first-order valence-corrected chi connectivity index (χ1v) is 8.04. The summed E-state index contributed by atoms with van der Waals surface area (Å²) in [6.45, 7) is 1.67. The molecule has 0 spiro atoms. The number of benzene rings is 2. The predicted molar refractivity (Wildman–Crippen MR) is 90.0 cm³/mol. The highest BCUT2D eigenvalue weighted by Crippen LogP contribution is 2.32. The lowest BCUT2D eigenvalue weighted by Crippen LogP contribution is -2.20. The molecule has 0 radical (unpaired) electrons. The Balaban J connectivity index is 1.96. The summed E-state index contributed by atoms with van der Waals surface area (Å²) in [6, 6.07) is 14.2. The summed E-state index contributed by atoms with van der Waals surface area (Å²) in [4.78, 5) is 2.21. The van der Waals surface area contributed by atoms with Crippen molar-refractivity contribution in [1.82, 2.24) is 4.90 Å². The maximum absolute atomic E-state index is 10.1. The molecule has 0 unspecified atom stereocenters. The lowest BCUT2D eigenvalue weighted by molar-refractivity contribution is 0.323. The molecule has 4 heteroatoms. The molecule has 0 aliphatic rings. The average molecular weight is 399 g/mol. The van der Waals surface area contributed by atoms with Crippen LogP contribution in [0.5, 0.6) is 5.75 Å². The van der Waals surface area contributed by atoms with E-state index in [1.165, 1.54) is 5.56 Å². The van der Waals surface area contributed by atoms with Crippen LogP contribution in [0.1, 0.15) is 11.1 Å². The summed E-state index contributed by atoms with van der Waals surface area (Å²) in [5.41, 5.74) is 2.25. The molecule has 0 aliphatic heterocycles. The molecule has 0 bridgehead atoms. The quantitative estimate of drug-likeness (QED) is 0.795. The molecule has 2 aromatic rings. The number of rotatable bonds is 5. The molecule has 0 heterocycles. The van der Waals surface area contributed by atoms with Crippen LogP contribution < -0.4 is 0 Å². The maximum Gasteiger partial charge on any atom is 0.134 e. The molecule has 0 fully saturated rings. The van der Waals surface area contributed by atoms with E-state index in [1.54, 1.807) is 0 Å². The first-order valence-electron chi connectivity index (χ1n) is 6.45. The topological polar surface area (TPSA) is 23.5 Å². The van der Waals surface area contributed by atoms with Gasteiger partial charge in [-0.1, -0.05) is 46.3 Å². The van der Waals surface area contributed by atoms with Crippen molar-refractivity contribution in [3.8, 4) is 5.75 Å². The zero-order valence-electron chi connectivity index (χ0n) is 11.3. The van der Waals surface area contributed by atoms with E-state index in [4.69, 9.17) is 0 Å². The molecule has 20 heavy (non-hydrogen) atoms. The van der Waals surface area contributed by atoms with Gasteiger partial charge in [-0.25, -0.2) is 0 Å². The van der Waals surface area contributed by atoms with Crippen molar-refractivity contribution < 1.29 is 5.11 Å². The van der Waals surface area contributed by atoms with E-state index in [0.29, 0.717) is 5.75 Å². The molecule has 0 saturated carbocycles. The van der Waals surface area contributed by atoms with Crippen LogP contribution in [-0.2, 0) is 13.0 Å². The fourth-order valence-corrected chi connectivity index (χ4v) is 3.39. The third-order valence-corrected chi connectivity index (χ3v) is 4.23. The van der Waals surface area contributed by atoms with E-state index in [0.717, 1.165) is 34.0 Å². The zero-order chi connectivity index (χ0) is 14.5. The first-order chi connectivity index (χ1) is 9.56. The fraction of sp³-hybridized carbons (Fsp3) is 0.250. The van der Waals surface area contributed by atoms with E-state index in [2.05, 4.69) is 68.1 Å². The average Bonchev–Trinajstić information content (AvgIpc) is 2.43. The van der Waals surface area contributed by atoms with E-state index in [1.807, 2.05) is 18.2 Å². The van der Waals surface area contributed by atoms with Crippen molar-refractivity contribution in [2.24, 2.45) is 0 Å². The van der Waals surface area contributed by atoms with Crippen LogP contribution in [0, 0.1) is 0 Å². The number of phenols is 1. The Labute approximate surface area is 136 Å². The van der Waals surface area contributed by atoms with Gasteiger partial charge >= 0.3 is 0 Å². The number of nitrogens with zero attached hydrogens (tertiary/aromatic N) is 1. The SMILES string of the molecule is CN(CCc1ccccc1)Cc1cc(Br)cc(Br)c1O. The Morgan fingerprint density at radius 1 is 1.10 bits per heavy atom. The summed E-state index contributed by atoms with van der Waals surface area (Å²) in [5.74, 6) is 0.319. The van der Waals surface area contributed by atoms with Gasteiger partial charge in [0, 0.05) is 23.1 Å². The van der Waals surface area contributed by atoms with Crippen LogP contribution in [0.25, 0.3) is 0 Å². The van der Waals surface area contributed by atoms with Crippen molar-refractivity contribution >= 4 is 31.9 Å². The minimum Gasteiger partial charge on any atom is -0.506 e. The second-order valence-electron chi connectivity index (χ2n) is 4.87. The van der Waals surface area contributed by atoms with E-state index >= 15 is 0 Å². The normalized spacial score (nSPS) is 11.0. The van der Waals surface area contributed by atoms with Crippen LogP contribution in [0.2, 0.25) is 0 Å². The lowest BCUT2D eigenvalue weighted by Gasteiger charge is -2.18. The number of hydrogen-bond donors (Lipinski definition) is 1. The van der Waals surface area contributed by atoms with Crippen LogP contribution in [0.15, 0.2) is 51.4 Å². The second-order valence-corrected chi connectivity index (χ2v) is 6.64. The molecule has 2 aromatic carbocycles. The third-order valence-electron chi connectivity index (χ3n) is 3.17. The van der Waals surface area contributed by atoms with Gasteiger partial charge in [-0.05, 0) is 47.1 Å². The summed E-state index contributed by atoms with van der Waals surface area (Å²) in [6.07, 6.45) is 1.01. The Bertz CT molecular complexity index is 572. The highest BCUT2D eigenvalue weighted by Gasteiger charge is 2.09. The van der Waals surface area contributed by atoms with E-state index in [9.17, 15) is 5.11 Å². The number of hydrogen-bond acceptors (Lipinski definition) is 2. The molecule has 2 nitrogen and oxygen atoms in total. The Morgan fingerprint density at radius 3 is 2.50 bits per heavy atom. The van der Waals surface area contributed by atoms with Gasteiger partial charge in [0.15, 0.2) is 0 Å². The molecular formula is C16H17Br2NO. The van der Waals surface area contributed by atoms with Crippen molar-refractivity contribution in [2.75, 3.05) is 13.6 Å². The molecule has 0 saturated heterocycles. The van der Waals surface area contributed by atoms with E-state index in [-0.39, 0.29) is 0 Å². The molecule has 2 rings (SSSR count). The summed E-state index contributed by atoms with van der Waals surface area (Å²) in [7, 11) is 2.07. The van der Waals surface area contributed by atoms with Gasteiger partial charge in [0.1, 0.15) is 5.75 Å². The summed E-state index contributed by atoms with van der Waals surface area (Å²) in [5, 5.41) is 10.1. The molecule has 0 atom stereocenters. The Hall–Kier alpha value is -0.840. The Kier molecular flexibility index (Phi) is 5.64. The van der Waals surface area contributed by atoms with Crippen LogP contribution in [-0.4, -0.2) is 23.6 Å². The molecule has 0 aromatic heterocycles. The number of likely N-dealkylation sites (N-methyl/N-ethyl adjacent to an activating group) is 1. The van der Waals surface area contributed by atoms with Gasteiger partial charge in [-0.15, -0.1) is 0 Å². The molecular weight excluding hydrogens is 382 g/mol. The highest BCUT2D eigenvalue weighted by atomic mass is 79.9. The third kappa shape index (κ3) is 4.33. The fourth-order valence-electron chi connectivity index (χ4n) is 2.07. The second kappa shape index (κ2) is 7.25. The van der Waals surface area contributed by atoms with Crippen LogP contribution in [0.4, 0.5) is 0 Å². The zero-order valence-corrected chi connectivity index (χ0v) is 14.5. The van der Waals surface area contributed by atoms with E-state index < -0.39 is 0 Å². The van der Waals surface area contributed by atoms with Crippen molar-refractivity contribution in [2.45, 2.75) is 13.0 Å². The van der Waals surface area contributed by atoms with Crippen LogP contribution in [0.3, 0.4) is 0 Å². The molecule has 106 valence electrons. The number of phenolic OH excluding ortho intramolecular Hbond substituents is 1. The van der Waals surface area contributed by atoms with Crippen LogP contribution >= 0.6 is 31.9 Å². The number of aromatic hydroxyl groups is 1. The molecule has 1 N–H and O–H groups in total. The highest BCUT2D eigenvalue weighted by molar-refractivity contribution is 9.11. The van der Waals surface area contributed by atoms with Gasteiger partial charge in [0.05, 0.1) is 4.47 Å². The smallest absolute Gasteiger partial charge is 0.134 e. The van der Waals surface area contributed by atoms with Crippen molar-refractivity contribution in [3.63, 3.8) is 0 Å². The Morgan fingerprint density at radius 2 is 1.80 bits per heavy atom. The lowest BCUT2D eigenvalue weighted by atomic mass is 10.1. The summed E-state index contributed by atoms with van der Waals surface area (Å²) >= 11 is 6.82. The van der Waals surface area contributed by atoms with Crippen molar-refractivity contribution in [1.29, 1.82) is 0 Å². The van der Waals surface area contributed by atoms with Gasteiger partial charge < -0.3 is 10.0 Å². The minimum absolute atomic E-state index is 0.319. The predicted octanol–water partition coefficient (Wildman–Crippen LogP) is 4.59. The standard InChI is InChI=1S/C16H17Br2NO/c1-19(8-7-12-5-3-2-4-6-12)11-13-9-14(17)10-15(18)16(13)20/h2-6,9-10,20H,7-8,11H2,1H3. The van der Waals surface area contributed by atoms with Crippen molar-refractivity contribution in [3.05, 3.63) is 62.5 Å². The van der Waals surface area contributed by atoms with Gasteiger partial charge in [0.2, 0.25) is 0 Å². The number of halogens is 2.